The van der Waals surface area contributed by atoms with E-state index < -0.39 is 15.5 Å². The predicted octanol–water partition coefficient (Wildman–Crippen LogP) is 1.74. The van der Waals surface area contributed by atoms with Crippen molar-refractivity contribution in [2.24, 2.45) is 0 Å². The molecule has 1 aromatic heterocycles. The van der Waals surface area contributed by atoms with Crippen molar-refractivity contribution in [3.8, 4) is 0 Å². The first kappa shape index (κ1) is 17.9. The van der Waals surface area contributed by atoms with E-state index in [9.17, 15) is 12.8 Å². The number of tetrazole rings is 1. The van der Waals surface area contributed by atoms with Crippen LogP contribution in [0.5, 0.6) is 0 Å². The summed E-state index contributed by atoms with van der Waals surface area (Å²) in [6.45, 7) is 5.79. The van der Waals surface area contributed by atoms with Crippen LogP contribution in [0.15, 0.2) is 24.3 Å². The van der Waals surface area contributed by atoms with Crippen LogP contribution in [0.3, 0.4) is 0 Å². The van der Waals surface area contributed by atoms with E-state index in [1.165, 1.54) is 4.80 Å². The van der Waals surface area contributed by atoms with E-state index in [1.54, 1.807) is 24.3 Å². The number of hydrogen-bond acceptors (Lipinski definition) is 6. The van der Waals surface area contributed by atoms with Crippen LogP contribution in [0.2, 0.25) is 0 Å². The summed E-state index contributed by atoms with van der Waals surface area (Å²) in [6.07, 6.45) is 0. The maximum atomic E-state index is 14.2. The summed E-state index contributed by atoms with van der Waals surface area (Å²) in [5.41, 5.74) is -0.712. The number of nitrogens with zero attached hydrogens (tertiary/aromatic N) is 4. The van der Waals surface area contributed by atoms with Gasteiger partial charge in [0.25, 0.3) is 0 Å². The average Bonchev–Trinajstić information content (AvgIpc) is 2.93. The minimum atomic E-state index is -3.46. The highest BCUT2D eigenvalue weighted by molar-refractivity contribution is 7.89. The normalized spacial score (nSPS) is 17.3. The van der Waals surface area contributed by atoms with Gasteiger partial charge in [-0.1, -0.05) is 24.3 Å². The molecule has 25 heavy (non-hydrogen) atoms. The van der Waals surface area contributed by atoms with Gasteiger partial charge < -0.3 is 4.74 Å². The summed E-state index contributed by atoms with van der Waals surface area (Å²) in [5.74, 6) is -0.278. The molecule has 0 unspecified atom stereocenters. The summed E-state index contributed by atoms with van der Waals surface area (Å²) in [5, 5.41) is 11.8. The van der Waals surface area contributed by atoms with E-state index in [-0.39, 0.29) is 36.1 Å². The molecule has 0 aliphatic carbocycles. The van der Waals surface area contributed by atoms with Crippen molar-refractivity contribution in [2.75, 3.05) is 13.2 Å². The van der Waals surface area contributed by atoms with Gasteiger partial charge in [-0.15, -0.1) is 10.2 Å². The highest BCUT2D eigenvalue weighted by Gasteiger charge is 2.40. The van der Waals surface area contributed by atoms with Crippen LogP contribution in [0.1, 0.15) is 37.7 Å². The second-order valence-electron chi connectivity index (χ2n) is 7.35. The lowest BCUT2D eigenvalue weighted by Crippen LogP contribution is -2.42. The van der Waals surface area contributed by atoms with Gasteiger partial charge in [0.1, 0.15) is 5.75 Å². The van der Waals surface area contributed by atoms with Crippen molar-refractivity contribution in [1.82, 2.24) is 20.2 Å². The first-order valence-electron chi connectivity index (χ1n) is 7.93. The molecular weight excluding hydrogens is 347 g/mol. The number of benzene rings is 1. The molecule has 7 nitrogen and oxygen atoms in total. The Labute approximate surface area is 146 Å². The van der Waals surface area contributed by atoms with Crippen molar-refractivity contribution >= 4 is 9.84 Å². The van der Waals surface area contributed by atoms with Crippen LogP contribution in [0.4, 0.5) is 4.39 Å². The minimum Gasteiger partial charge on any atom is -0.374 e. The number of alkyl halides is 1. The zero-order valence-corrected chi connectivity index (χ0v) is 15.3. The Morgan fingerprint density at radius 3 is 2.32 bits per heavy atom. The Balaban J connectivity index is 1.68. The third-order valence-electron chi connectivity index (χ3n) is 3.92. The molecule has 0 radical (unpaired) electrons. The number of rotatable bonds is 5. The Hall–Kier alpha value is -1.87. The third kappa shape index (κ3) is 4.04. The highest BCUT2D eigenvalue weighted by atomic mass is 32.2. The van der Waals surface area contributed by atoms with E-state index in [4.69, 9.17) is 4.74 Å². The number of hydrogen-bond donors (Lipinski definition) is 0. The van der Waals surface area contributed by atoms with Crippen molar-refractivity contribution < 1.29 is 17.5 Å². The summed E-state index contributed by atoms with van der Waals surface area (Å²) < 4.78 is 43.9. The van der Waals surface area contributed by atoms with Crippen molar-refractivity contribution in [3.63, 3.8) is 0 Å². The summed E-state index contributed by atoms with van der Waals surface area (Å²) in [6, 6.07) is 6.49. The molecule has 1 aliphatic heterocycles. The molecule has 136 valence electrons. The van der Waals surface area contributed by atoms with Gasteiger partial charge in [0.05, 0.1) is 24.5 Å². The smallest absolute Gasteiger partial charge is 0.189 e. The Morgan fingerprint density at radius 1 is 1.20 bits per heavy atom. The monoisotopic (exact) mass is 368 g/mol. The molecule has 9 heteroatoms. The zero-order valence-electron chi connectivity index (χ0n) is 14.4. The number of aromatic nitrogens is 4. The molecule has 0 saturated carbocycles. The summed E-state index contributed by atoms with van der Waals surface area (Å²) in [4.78, 5) is 1.40. The SMILES string of the molecule is CC(C)(C)n1nnc(CS(=O)(=O)Cc2ccc(C3(F)COC3)cc2)n1. The number of halogens is 1. The van der Waals surface area contributed by atoms with Gasteiger partial charge in [0.2, 0.25) is 0 Å². The average molecular weight is 368 g/mol. The Morgan fingerprint density at radius 2 is 1.84 bits per heavy atom. The van der Waals surface area contributed by atoms with Crippen LogP contribution in [0, 0.1) is 0 Å². The molecule has 0 spiro atoms. The van der Waals surface area contributed by atoms with Crippen LogP contribution >= 0.6 is 0 Å². The van der Waals surface area contributed by atoms with Gasteiger partial charge in [0.15, 0.2) is 21.3 Å². The fourth-order valence-electron chi connectivity index (χ4n) is 2.43. The van der Waals surface area contributed by atoms with E-state index in [0.29, 0.717) is 11.1 Å². The lowest BCUT2D eigenvalue weighted by molar-refractivity contribution is -0.135. The summed E-state index contributed by atoms with van der Waals surface area (Å²) >= 11 is 0. The molecule has 2 heterocycles. The van der Waals surface area contributed by atoms with E-state index in [1.807, 2.05) is 20.8 Å². The van der Waals surface area contributed by atoms with Gasteiger partial charge >= 0.3 is 0 Å². The molecule has 0 atom stereocenters. The molecule has 2 aromatic rings. The molecule has 0 bridgehead atoms. The Kier molecular flexibility index (Phi) is 4.40. The maximum Gasteiger partial charge on any atom is 0.189 e. The molecule has 1 fully saturated rings. The van der Waals surface area contributed by atoms with Gasteiger partial charge in [-0.3, -0.25) is 0 Å². The number of sulfone groups is 1. The zero-order chi connectivity index (χ0) is 18.3. The molecule has 1 saturated heterocycles. The molecule has 1 aromatic carbocycles. The fourth-order valence-corrected chi connectivity index (χ4v) is 3.75. The quantitative estimate of drug-likeness (QED) is 0.799. The first-order chi connectivity index (χ1) is 11.6. The first-order valence-corrected chi connectivity index (χ1v) is 9.75. The maximum absolute atomic E-state index is 14.2. The molecule has 1 aliphatic rings. The molecule has 0 amide bonds. The topological polar surface area (TPSA) is 87.0 Å². The van der Waals surface area contributed by atoms with Gasteiger partial charge in [0, 0.05) is 0 Å². The van der Waals surface area contributed by atoms with Crippen molar-refractivity contribution in [3.05, 3.63) is 41.2 Å². The van der Waals surface area contributed by atoms with E-state index in [0.717, 1.165) is 0 Å². The van der Waals surface area contributed by atoms with Gasteiger partial charge in [-0.2, -0.15) is 4.80 Å². The Bertz CT molecular complexity index is 852. The van der Waals surface area contributed by atoms with Crippen molar-refractivity contribution in [2.45, 2.75) is 43.5 Å². The van der Waals surface area contributed by atoms with Gasteiger partial charge in [-0.25, -0.2) is 12.8 Å². The van der Waals surface area contributed by atoms with Crippen molar-refractivity contribution in [1.29, 1.82) is 0 Å². The fraction of sp³-hybridized carbons (Fsp3) is 0.562. The minimum absolute atomic E-state index is 0.0414. The van der Waals surface area contributed by atoms with Crippen LogP contribution < -0.4 is 0 Å². The third-order valence-corrected chi connectivity index (χ3v) is 5.39. The highest BCUT2D eigenvalue weighted by Crippen LogP contribution is 2.33. The second kappa shape index (κ2) is 6.14. The van der Waals surface area contributed by atoms with Crippen LogP contribution in [0.25, 0.3) is 0 Å². The number of ether oxygens (including phenoxy) is 1. The predicted molar refractivity (Wildman–Crippen MR) is 89.2 cm³/mol. The van der Waals surface area contributed by atoms with Crippen LogP contribution in [-0.2, 0) is 37.3 Å². The molecular formula is C16H21FN4O3S. The lowest BCUT2D eigenvalue weighted by atomic mass is 9.93. The molecule has 0 N–H and O–H groups in total. The van der Waals surface area contributed by atoms with Crippen LogP contribution in [-0.4, -0.2) is 41.8 Å². The second-order valence-corrected chi connectivity index (χ2v) is 9.42. The largest absolute Gasteiger partial charge is 0.374 e. The lowest BCUT2D eigenvalue weighted by Gasteiger charge is -2.34. The van der Waals surface area contributed by atoms with Gasteiger partial charge in [-0.05, 0) is 37.1 Å². The summed E-state index contributed by atoms with van der Waals surface area (Å²) in [7, 11) is -3.46. The standard InChI is InChI=1S/C16H21FN4O3S/c1-15(2,3)21-19-14(18-20-21)9-25(22,23)8-12-4-6-13(7-5-12)16(17)10-24-11-16/h4-7H,8-11H2,1-3H3. The van der Waals surface area contributed by atoms with E-state index >= 15 is 0 Å². The molecule has 3 rings (SSSR count). The van der Waals surface area contributed by atoms with E-state index in [2.05, 4.69) is 15.4 Å².